The normalized spacial score (nSPS) is 10.4. The fourth-order valence-electron chi connectivity index (χ4n) is 2.41. The third-order valence-electron chi connectivity index (χ3n) is 3.62. The molecule has 0 bridgehead atoms. The van der Waals surface area contributed by atoms with Crippen LogP contribution in [-0.4, -0.2) is 27.8 Å². The Morgan fingerprint density at radius 3 is 2.71 bits per heavy atom. The Kier molecular flexibility index (Phi) is 4.56. The molecular formula is C18H18N4O2. The lowest BCUT2D eigenvalue weighted by Crippen LogP contribution is -2.13. The van der Waals surface area contributed by atoms with Gasteiger partial charge in [-0.1, -0.05) is 12.1 Å². The van der Waals surface area contributed by atoms with Crippen molar-refractivity contribution in [3.05, 3.63) is 60.6 Å². The average Bonchev–Trinajstić information content (AvgIpc) is 3.07. The summed E-state index contributed by atoms with van der Waals surface area (Å²) < 4.78 is 7.07. The summed E-state index contributed by atoms with van der Waals surface area (Å²) >= 11 is 0. The molecule has 0 aliphatic carbocycles. The molecule has 0 atom stereocenters. The van der Waals surface area contributed by atoms with Crippen molar-refractivity contribution < 1.29 is 9.53 Å². The molecule has 0 fully saturated rings. The van der Waals surface area contributed by atoms with Crippen LogP contribution in [-0.2, 0) is 6.54 Å². The number of nitrogens with zero attached hydrogens (tertiary/aromatic N) is 3. The molecule has 0 aliphatic heterocycles. The molecule has 24 heavy (non-hydrogen) atoms. The number of aryl methyl sites for hydroxylation is 1. The largest absolute Gasteiger partial charge is 0.497 e. The van der Waals surface area contributed by atoms with Crippen molar-refractivity contribution in [1.29, 1.82) is 0 Å². The van der Waals surface area contributed by atoms with Crippen LogP contribution in [0.4, 0.5) is 5.69 Å². The van der Waals surface area contributed by atoms with Crippen molar-refractivity contribution in [2.45, 2.75) is 13.5 Å². The molecule has 0 unspecified atom stereocenters. The van der Waals surface area contributed by atoms with E-state index in [1.807, 2.05) is 31.2 Å². The fourth-order valence-corrected chi connectivity index (χ4v) is 2.41. The van der Waals surface area contributed by atoms with E-state index in [1.54, 1.807) is 42.4 Å². The van der Waals surface area contributed by atoms with E-state index >= 15 is 0 Å². The number of hydrogen-bond donors (Lipinski definition) is 1. The van der Waals surface area contributed by atoms with Gasteiger partial charge >= 0.3 is 0 Å². The zero-order valence-corrected chi connectivity index (χ0v) is 13.6. The number of ether oxygens (including phenoxy) is 1. The van der Waals surface area contributed by atoms with E-state index in [-0.39, 0.29) is 5.91 Å². The van der Waals surface area contributed by atoms with Gasteiger partial charge in [-0.2, -0.15) is 5.10 Å². The second kappa shape index (κ2) is 6.95. The molecule has 0 saturated carbocycles. The number of carbonyl (C=O) groups is 1. The molecule has 0 aliphatic rings. The van der Waals surface area contributed by atoms with E-state index in [4.69, 9.17) is 4.74 Å². The maximum absolute atomic E-state index is 12.4. The van der Waals surface area contributed by atoms with Gasteiger partial charge < -0.3 is 10.1 Å². The second-order valence-corrected chi connectivity index (χ2v) is 5.15. The van der Waals surface area contributed by atoms with Crippen LogP contribution in [0.3, 0.4) is 0 Å². The zero-order valence-electron chi connectivity index (χ0n) is 13.6. The zero-order chi connectivity index (χ0) is 16.9. The van der Waals surface area contributed by atoms with Gasteiger partial charge in [0.1, 0.15) is 5.75 Å². The number of amides is 1. The van der Waals surface area contributed by atoms with E-state index in [9.17, 15) is 4.79 Å². The van der Waals surface area contributed by atoms with Crippen molar-refractivity contribution >= 4 is 11.6 Å². The van der Waals surface area contributed by atoms with Gasteiger partial charge in [-0.3, -0.25) is 14.5 Å². The number of methoxy groups -OCH3 is 1. The van der Waals surface area contributed by atoms with Crippen LogP contribution in [0.25, 0.3) is 11.3 Å². The minimum atomic E-state index is -0.252. The summed E-state index contributed by atoms with van der Waals surface area (Å²) in [6, 6.07) is 12.9. The summed E-state index contributed by atoms with van der Waals surface area (Å²) in [7, 11) is 1.63. The van der Waals surface area contributed by atoms with Crippen LogP contribution in [0.15, 0.2) is 54.9 Å². The molecular weight excluding hydrogens is 304 g/mol. The number of aromatic nitrogens is 3. The van der Waals surface area contributed by atoms with Crippen LogP contribution in [0, 0.1) is 0 Å². The predicted molar refractivity (Wildman–Crippen MR) is 92.1 cm³/mol. The first kappa shape index (κ1) is 15.7. The van der Waals surface area contributed by atoms with Gasteiger partial charge in [0.2, 0.25) is 0 Å². The van der Waals surface area contributed by atoms with Gasteiger partial charge in [-0.25, -0.2) is 0 Å². The second-order valence-electron chi connectivity index (χ2n) is 5.15. The van der Waals surface area contributed by atoms with Gasteiger partial charge in [-0.05, 0) is 37.3 Å². The Bertz CT molecular complexity index is 843. The molecule has 2 heterocycles. The van der Waals surface area contributed by atoms with Crippen LogP contribution in [0.2, 0.25) is 0 Å². The lowest BCUT2D eigenvalue weighted by atomic mass is 10.1. The number of anilines is 1. The topological polar surface area (TPSA) is 69.0 Å². The van der Waals surface area contributed by atoms with E-state index < -0.39 is 0 Å². The highest BCUT2D eigenvalue weighted by Crippen LogP contribution is 2.25. The van der Waals surface area contributed by atoms with Gasteiger partial charge in [0.25, 0.3) is 5.91 Å². The van der Waals surface area contributed by atoms with Gasteiger partial charge in [-0.15, -0.1) is 0 Å². The fraction of sp³-hybridized carbons (Fsp3) is 0.167. The van der Waals surface area contributed by atoms with Crippen molar-refractivity contribution in [2.24, 2.45) is 0 Å². The molecule has 3 rings (SSSR count). The smallest absolute Gasteiger partial charge is 0.276 e. The third kappa shape index (κ3) is 3.27. The first-order valence-corrected chi connectivity index (χ1v) is 7.65. The molecule has 1 aromatic carbocycles. The molecule has 6 heteroatoms. The highest BCUT2D eigenvalue weighted by Gasteiger charge is 2.15. The Morgan fingerprint density at radius 2 is 2.00 bits per heavy atom. The number of carbonyl (C=O) groups excluding carboxylic acids is 1. The molecule has 122 valence electrons. The average molecular weight is 322 g/mol. The van der Waals surface area contributed by atoms with Crippen molar-refractivity contribution in [3.8, 4) is 17.0 Å². The highest BCUT2D eigenvalue weighted by molar-refractivity contribution is 6.03. The van der Waals surface area contributed by atoms with Crippen LogP contribution in [0.1, 0.15) is 17.4 Å². The lowest BCUT2D eigenvalue weighted by molar-refractivity contribution is 0.102. The minimum Gasteiger partial charge on any atom is -0.497 e. The summed E-state index contributed by atoms with van der Waals surface area (Å²) in [5, 5.41) is 7.22. The quantitative estimate of drug-likeness (QED) is 0.783. The SMILES string of the molecule is CCn1nc(C(=O)Nc2ccncc2)cc1-c1cccc(OC)c1. The Labute approximate surface area is 140 Å². The minimum absolute atomic E-state index is 0.252. The Balaban J connectivity index is 1.91. The first-order valence-electron chi connectivity index (χ1n) is 7.65. The summed E-state index contributed by atoms with van der Waals surface area (Å²) in [5.41, 5.74) is 2.87. The summed E-state index contributed by atoms with van der Waals surface area (Å²) in [6.07, 6.45) is 3.25. The standard InChI is InChI=1S/C18H18N4O2/c1-3-22-17(13-5-4-6-15(11-13)24-2)12-16(21-22)18(23)20-14-7-9-19-10-8-14/h4-12H,3H2,1-2H3,(H,19,20,23). The summed E-state index contributed by atoms with van der Waals surface area (Å²) in [6.45, 7) is 2.65. The Hall–Kier alpha value is -3.15. The van der Waals surface area contributed by atoms with E-state index in [0.717, 1.165) is 17.0 Å². The van der Waals surface area contributed by atoms with Gasteiger partial charge in [0, 0.05) is 30.2 Å². The monoisotopic (exact) mass is 322 g/mol. The van der Waals surface area contributed by atoms with Crippen LogP contribution in [0.5, 0.6) is 5.75 Å². The van der Waals surface area contributed by atoms with Crippen LogP contribution < -0.4 is 10.1 Å². The number of hydrogen-bond acceptors (Lipinski definition) is 4. The molecule has 0 radical (unpaired) electrons. The Morgan fingerprint density at radius 1 is 1.21 bits per heavy atom. The number of benzene rings is 1. The lowest BCUT2D eigenvalue weighted by Gasteiger charge is -2.06. The number of pyridine rings is 1. The van der Waals surface area contributed by atoms with Gasteiger partial charge in [0.15, 0.2) is 5.69 Å². The molecule has 0 saturated heterocycles. The van der Waals surface area contributed by atoms with Crippen molar-refractivity contribution in [3.63, 3.8) is 0 Å². The molecule has 2 aromatic heterocycles. The number of rotatable bonds is 5. The highest BCUT2D eigenvalue weighted by atomic mass is 16.5. The summed E-state index contributed by atoms with van der Waals surface area (Å²) in [4.78, 5) is 16.3. The molecule has 1 amide bonds. The maximum Gasteiger partial charge on any atom is 0.276 e. The first-order chi connectivity index (χ1) is 11.7. The van der Waals surface area contributed by atoms with Crippen molar-refractivity contribution in [1.82, 2.24) is 14.8 Å². The molecule has 3 aromatic rings. The summed E-state index contributed by atoms with van der Waals surface area (Å²) in [5.74, 6) is 0.511. The van der Waals surface area contributed by atoms with Crippen molar-refractivity contribution in [2.75, 3.05) is 12.4 Å². The predicted octanol–water partition coefficient (Wildman–Crippen LogP) is 3.23. The molecule has 0 spiro atoms. The van der Waals surface area contributed by atoms with E-state index in [1.165, 1.54) is 0 Å². The third-order valence-corrected chi connectivity index (χ3v) is 3.62. The number of nitrogens with one attached hydrogen (secondary N) is 1. The van der Waals surface area contributed by atoms with Crippen LogP contribution >= 0.6 is 0 Å². The van der Waals surface area contributed by atoms with E-state index in [2.05, 4.69) is 15.4 Å². The van der Waals surface area contributed by atoms with Gasteiger partial charge in [0.05, 0.1) is 12.8 Å². The maximum atomic E-state index is 12.4. The van der Waals surface area contributed by atoms with E-state index in [0.29, 0.717) is 17.9 Å². The molecule has 6 nitrogen and oxygen atoms in total. The molecule has 1 N–H and O–H groups in total.